The number of carbonyl (C=O) groups is 1. The van der Waals surface area contributed by atoms with Gasteiger partial charge in [0.2, 0.25) is 12.7 Å². The van der Waals surface area contributed by atoms with E-state index in [1.807, 2.05) is 18.2 Å². The van der Waals surface area contributed by atoms with Crippen LogP contribution in [0.25, 0.3) is 10.1 Å². The van der Waals surface area contributed by atoms with Gasteiger partial charge in [0.1, 0.15) is 0 Å². The second-order valence-electron chi connectivity index (χ2n) is 5.71. The predicted octanol–water partition coefficient (Wildman–Crippen LogP) is 4.18. The monoisotopic (exact) mass is 371 g/mol. The summed E-state index contributed by atoms with van der Waals surface area (Å²) in [4.78, 5) is 12.1. The highest BCUT2D eigenvalue weighted by atomic mass is 32.2. The Morgan fingerprint density at radius 3 is 3.00 bits per heavy atom. The lowest BCUT2D eigenvalue weighted by Crippen LogP contribution is -2.24. The van der Waals surface area contributed by atoms with Crippen molar-refractivity contribution < 1.29 is 14.3 Å². The Kier molecular flexibility index (Phi) is 4.81. The Bertz CT molecular complexity index is 907. The first-order chi connectivity index (χ1) is 12.3. The standard InChI is InChI=1S/C19H17NO3S2/c21-19(20-8-13-5-6-16-17(7-13)23-12-22-16)11-24-9-14-10-25-18-4-2-1-3-15(14)18/h1-7,10H,8-9,11-12H2,(H,20,21). The Hall–Kier alpha value is -2.18. The first-order valence-electron chi connectivity index (χ1n) is 7.98. The number of ether oxygens (including phenoxy) is 2. The Morgan fingerprint density at radius 2 is 2.04 bits per heavy atom. The zero-order valence-electron chi connectivity index (χ0n) is 13.5. The maximum Gasteiger partial charge on any atom is 0.231 e. The lowest BCUT2D eigenvalue weighted by Gasteiger charge is -2.06. The largest absolute Gasteiger partial charge is 0.454 e. The third kappa shape index (κ3) is 3.75. The van der Waals surface area contributed by atoms with Crippen LogP contribution >= 0.6 is 23.1 Å². The third-order valence-electron chi connectivity index (χ3n) is 3.98. The summed E-state index contributed by atoms with van der Waals surface area (Å²) in [5.41, 5.74) is 2.31. The van der Waals surface area contributed by atoms with Crippen molar-refractivity contribution >= 4 is 39.1 Å². The molecular formula is C19H17NO3S2. The first kappa shape index (κ1) is 16.3. The SMILES string of the molecule is O=C(CSCc1csc2ccccc12)NCc1ccc2c(c1)OCO2. The molecule has 1 aromatic heterocycles. The van der Waals surface area contributed by atoms with Gasteiger partial charge in [0.05, 0.1) is 5.75 Å². The van der Waals surface area contributed by atoms with E-state index in [-0.39, 0.29) is 12.7 Å². The molecule has 0 bridgehead atoms. The summed E-state index contributed by atoms with van der Waals surface area (Å²) < 4.78 is 11.9. The van der Waals surface area contributed by atoms with Gasteiger partial charge in [-0.05, 0) is 40.1 Å². The molecule has 0 spiro atoms. The molecule has 0 unspecified atom stereocenters. The van der Waals surface area contributed by atoms with Gasteiger partial charge in [0, 0.05) is 17.0 Å². The Morgan fingerprint density at radius 1 is 1.16 bits per heavy atom. The van der Waals surface area contributed by atoms with Gasteiger partial charge in [-0.2, -0.15) is 0 Å². The molecule has 0 fully saturated rings. The highest BCUT2D eigenvalue weighted by Crippen LogP contribution is 2.32. The molecule has 6 heteroatoms. The van der Waals surface area contributed by atoms with Crippen molar-refractivity contribution in [1.29, 1.82) is 0 Å². The predicted molar refractivity (Wildman–Crippen MR) is 102 cm³/mol. The van der Waals surface area contributed by atoms with E-state index in [1.54, 1.807) is 23.1 Å². The van der Waals surface area contributed by atoms with Gasteiger partial charge in [0.15, 0.2) is 11.5 Å². The van der Waals surface area contributed by atoms with Gasteiger partial charge in [-0.3, -0.25) is 4.79 Å². The molecule has 0 atom stereocenters. The third-order valence-corrected chi connectivity index (χ3v) is 5.97. The molecule has 2 aromatic carbocycles. The number of benzene rings is 2. The van der Waals surface area contributed by atoms with Crippen molar-refractivity contribution in [2.45, 2.75) is 12.3 Å². The van der Waals surface area contributed by atoms with Crippen LogP contribution in [-0.2, 0) is 17.1 Å². The molecule has 4 rings (SSSR count). The van der Waals surface area contributed by atoms with Crippen molar-refractivity contribution in [2.24, 2.45) is 0 Å². The van der Waals surface area contributed by atoms with Crippen molar-refractivity contribution in [3.8, 4) is 11.5 Å². The number of amides is 1. The van der Waals surface area contributed by atoms with E-state index in [1.165, 1.54) is 15.6 Å². The van der Waals surface area contributed by atoms with Gasteiger partial charge < -0.3 is 14.8 Å². The van der Waals surface area contributed by atoms with Crippen LogP contribution in [0.15, 0.2) is 47.8 Å². The normalized spacial score (nSPS) is 12.5. The highest BCUT2D eigenvalue weighted by molar-refractivity contribution is 7.99. The van der Waals surface area contributed by atoms with E-state index in [0.717, 1.165) is 22.8 Å². The van der Waals surface area contributed by atoms with Crippen LogP contribution in [0, 0.1) is 0 Å². The lowest BCUT2D eigenvalue weighted by molar-refractivity contribution is -0.118. The summed E-state index contributed by atoms with van der Waals surface area (Å²) >= 11 is 3.39. The summed E-state index contributed by atoms with van der Waals surface area (Å²) in [5, 5.41) is 6.43. The maximum absolute atomic E-state index is 12.1. The summed E-state index contributed by atoms with van der Waals surface area (Å²) in [5.74, 6) is 2.84. The topological polar surface area (TPSA) is 47.6 Å². The molecule has 3 aromatic rings. The number of rotatable bonds is 6. The van der Waals surface area contributed by atoms with Crippen LogP contribution in [-0.4, -0.2) is 18.5 Å². The van der Waals surface area contributed by atoms with E-state index in [2.05, 4.69) is 35.0 Å². The minimum atomic E-state index is 0.0437. The number of nitrogens with one attached hydrogen (secondary N) is 1. The van der Waals surface area contributed by atoms with Crippen molar-refractivity contribution in [1.82, 2.24) is 5.32 Å². The maximum atomic E-state index is 12.1. The zero-order valence-corrected chi connectivity index (χ0v) is 15.1. The minimum absolute atomic E-state index is 0.0437. The molecule has 1 amide bonds. The fourth-order valence-corrected chi connectivity index (χ4v) is 4.62. The molecule has 25 heavy (non-hydrogen) atoms. The van der Waals surface area contributed by atoms with E-state index in [0.29, 0.717) is 12.3 Å². The van der Waals surface area contributed by atoms with Crippen LogP contribution in [0.1, 0.15) is 11.1 Å². The molecule has 0 saturated heterocycles. The molecule has 0 radical (unpaired) electrons. The van der Waals surface area contributed by atoms with Crippen LogP contribution in [0.3, 0.4) is 0 Å². The fourth-order valence-electron chi connectivity index (χ4n) is 2.70. The molecule has 1 aliphatic heterocycles. The average Bonchev–Trinajstić information content (AvgIpc) is 3.26. The second kappa shape index (κ2) is 7.37. The van der Waals surface area contributed by atoms with Crippen molar-refractivity contribution in [3.05, 3.63) is 59.0 Å². The quantitative estimate of drug-likeness (QED) is 0.706. The smallest absolute Gasteiger partial charge is 0.231 e. The number of fused-ring (bicyclic) bond motifs is 2. The number of thioether (sulfide) groups is 1. The highest BCUT2D eigenvalue weighted by Gasteiger charge is 2.13. The molecular weight excluding hydrogens is 354 g/mol. The van der Waals surface area contributed by atoms with Gasteiger partial charge in [0.25, 0.3) is 0 Å². The second-order valence-corrected chi connectivity index (χ2v) is 7.61. The summed E-state index contributed by atoms with van der Waals surface area (Å²) in [6, 6.07) is 14.1. The van der Waals surface area contributed by atoms with E-state index >= 15 is 0 Å². The summed E-state index contributed by atoms with van der Waals surface area (Å²) in [6.07, 6.45) is 0. The van der Waals surface area contributed by atoms with Gasteiger partial charge in [-0.15, -0.1) is 23.1 Å². The number of hydrogen-bond donors (Lipinski definition) is 1. The number of hydrogen-bond acceptors (Lipinski definition) is 5. The summed E-state index contributed by atoms with van der Waals surface area (Å²) in [6.45, 7) is 0.760. The van der Waals surface area contributed by atoms with Gasteiger partial charge in [-0.1, -0.05) is 24.3 Å². The van der Waals surface area contributed by atoms with Gasteiger partial charge in [-0.25, -0.2) is 0 Å². The lowest BCUT2D eigenvalue weighted by atomic mass is 10.2. The van der Waals surface area contributed by atoms with Crippen LogP contribution in [0.5, 0.6) is 11.5 Å². The first-order valence-corrected chi connectivity index (χ1v) is 10.0. The van der Waals surface area contributed by atoms with Crippen LogP contribution in [0.4, 0.5) is 0 Å². The van der Waals surface area contributed by atoms with E-state index in [4.69, 9.17) is 9.47 Å². The van der Waals surface area contributed by atoms with Crippen LogP contribution in [0.2, 0.25) is 0 Å². The molecule has 0 saturated carbocycles. The van der Waals surface area contributed by atoms with Crippen molar-refractivity contribution in [2.75, 3.05) is 12.5 Å². The summed E-state index contributed by atoms with van der Waals surface area (Å²) in [7, 11) is 0. The van der Waals surface area contributed by atoms with Crippen LogP contribution < -0.4 is 14.8 Å². The molecule has 4 nitrogen and oxygen atoms in total. The van der Waals surface area contributed by atoms with Crippen molar-refractivity contribution in [3.63, 3.8) is 0 Å². The Labute approximate surface area is 154 Å². The molecule has 1 aliphatic rings. The van der Waals surface area contributed by atoms with Gasteiger partial charge >= 0.3 is 0 Å². The fraction of sp³-hybridized carbons (Fsp3) is 0.211. The number of thiophene rings is 1. The minimum Gasteiger partial charge on any atom is -0.454 e. The average molecular weight is 371 g/mol. The van der Waals surface area contributed by atoms with E-state index in [9.17, 15) is 4.79 Å². The molecule has 2 heterocycles. The molecule has 128 valence electrons. The molecule has 1 N–H and O–H groups in total. The molecule has 0 aliphatic carbocycles. The number of carbonyl (C=O) groups excluding carboxylic acids is 1. The van der Waals surface area contributed by atoms with E-state index < -0.39 is 0 Å². The zero-order chi connectivity index (χ0) is 17.1. The Balaban J connectivity index is 1.25.